The molecule has 1 aromatic carbocycles. The normalized spacial score (nSPS) is 12.3. The van der Waals surface area contributed by atoms with Crippen LogP contribution in [0.2, 0.25) is 10.0 Å². The van der Waals surface area contributed by atoms with Crippen molar-refractivity contribution in [1.29, 1.82) is 0 Å². The highest BCUT2D eigenvalue weighted by Crippen LogP contribution is 2.26. The number of pyridine rings is 1. The molecule has 0 amide bonds. The van der Waals surface area contributed by atoms with Crippen LogP contribution in [0.5, 0.6) is 0 Å². The number of rotatable bonds is 6. The number of nitrogens with one attached hydrogen (secondary N) is 1. The Morgan fingerprint density at radius 2 is 1.81 bits per heavy atom. The highest BCUT2D eigenvalue weighted by molar-refractivity contribution is 6.35. The summed E-state index contributed by atoms with van der Waals surface area (Å²) in [4.78, 5) is 4.18. The van der Waals surface area contributed by atoms with Crippen LogP contribution in [0.15, 0.2) is 42.7 Å². The molecule has 1 unspecified atom stereocenters. The molecule has 6 heteroatoms. The molecular weight excluding hydrogens is 367 g/mol. The van der Waals surface area contributed by atoms with Crippen LogP contribution >= 0.6 is 23.2 Å². The number of benzene rings is 1. The van der Waals surface area contributed by atoms with E-state index in [0.29, 0.717) is 16.6 Å². The molecule has 1 atom stereocenters. The Balaban J connectivity index is 1.76. The summed E-state index contributed by atoms with van der Waals surface area (Å²) in [6.07, 6.45) is 3.68. The molecule has 0 saturated heterocycles. The summed E-state index contributed by atoms with van der Waals surface area (Å²) in [7, 11) is 0. The van der Waals surface area contributed by atoms with Gasteiger partial charge in [0.15, 0.2) is 0 Å². The monoisotopic (exact) mass is 388 g/mol. The van der Waals surface area contributed by atoms with E-state index in [2.05, 4.69) is 35.3 Å². The van der Waals surface area contributed by atoms with E-state index >= 15 is 0 Å². The number of aromatic nitrogens is 3. The van der Waals surface area contributed by atoms with E-state index in [4.69, 9.17) is 23.2 Å². The first-order valence-corrected chi connectivity index (χ1v) is 9.32. The molecule has 26 heavy (non-hydrogen) atoms. The molecule has 0 bridgehead atoms. The maximum absolute atomic E-state index is 6.31. The van der Waals surface area contributed by atoms with E-state index < -0.39 is 0 Å². The third-order valence-electron chi connectivity index (χ3n) is 4.67. The van der Waals surface area contributed by atoms with E-state index in [9.17, 15) is 0 Å². The van der Waals surface area contributed by atoms with Crippen molar-refractivity contribution in [3.8, 4) is 0 Å². The van der Waals surface area contributed by atoms with Crippen LogP contribution in [-0.2, 0) is 13.1 Å². The topological polar surface area (TPSA) is 42.7 Å². The first-order valence-electron chi connectivity index (χ1n) is 8.56. The maximum atomic E-state index is 6.31. The molecule has 1 N–H and O–H groups in total. The lowest BCUT2D eigenvalue weighted by Crippen LogP contribution is -2.19. The van der Waals surface area contributed by atoms with Gasteiger partial charge in [-0.05, 0) is 44.5 Å². The molecule has 0 aliphatic rings. The van der Waals surface area contributed by atoms with Crippen molar-refractivity contribution < 1.29 is 0 Å². The Kier molecular flexibility index (Phi) is 5.97. The second-order valence-electron chi connectivity index (χ2n) is 6.40. The minimum atomic E-state index is 0.212. The minimum Gasteiger partial charge on any atom is -0.306 e. The van der Waals surface area contributed by atoms with Crippen molar-refractivity contribution in [3.05, 3.63) is 80.8 Å². The minimum absolute atomic E-state index is 0.212. The second kappa shape index (κ2) is 8.21. The summed E-state index contributed by atoms with van der Waals surface area (Å²) in [6.45, 7) is 7.54. The highest BCUT2D eigenvalue weighted by Gasteiger charge is 2.15. The first kappa shape index (κ1) is 18.9. The lowest BCUT2D eigenvalue weighted by molar-refractivity contribution is 0.569. The molecule has 2 aromatic heterocycles. The van der Waals surface area contributed by atoms with Crippen molar-refractivity contribution in [1.82, 2.24) is 20.1 Å². The van der Waals surface area contributed by atoms with E-state index in [1.54, 1.807) is 6.20 Å². The quantitative estimate of drug-likeness (QED) is 0.638. The van der Waals surface area contributed by atoms with Gasteiger partial charge in [0.1, 0.15) is 0 Å². The zero-order valence-electron chi connectivity index (χ0n) is 15.1. The molecule has 3 aromatic rings. The molecular formula is C20H22Cl2N4. The summed E-state index contributed by atoms with van der Waals surface area (Å²) in [6, 6.07) is 9.80. The van der Waals surface area contributed by atoms with Crippen molar-refractivity contribution in [2.24, 2.45) is 0 Å². The summed E-state index contributed by atoms with van der Waals surface area (Å²) >= 11 is 12.6. The van der Waals surface area contributed by atoms with Gasteiger partial charge < -0.3 is 5.32 Å². The van der Waals surface area contributed by atoms with Gasteiger partial charge in [0.25, 0.3) is 0 Å². The molecule has 0 fully saturated rings. The fraction of sp³-hybridized carbons (Fsp3) is 0.300. The van der Waals surface area contributed by atoms with Crippen molar-refractivity contribution in [2.45, 2.75) is 39.9 Å². The number of nitrogens with zero attached hydrogens (tertiary/aromatic N) is 3. The second-order valence-corrected chi connectivity index (χ2v) is 7.21. The van der Waals surface area contributed by atoms with Gasteiger partial charge in [0.05, 0.1) is 12.2 Å². The largest absolute Gasteiger partial charge is 0.306 e. The van der Waals surface area contributed by atoms with Gasteiger partial charge in [-0.25, -0.2) is 0 Å². The SMILES string of the molecule is Cc1nn(Cc2c(Cl)cccc2Cl)c(C)c1CNC(C)c1cccnc1. The molecule has 4 nitrogen and oxygen atoms in total. The molecule has 0 saturated carbocycles. The van der Waals surface area contributed by atoms with Crippen LogP contribution in [0.25, 0.3) is 0 Å². The fourth-order valence-electron chi connectivity index (χ4n) is 2.98. The molecule has 2 heterocycles. The molecule has 0 radical (unpaired) electrons. The van der Waals surface area contributed by atoms with Gasteiger partial charge in [0, 0.05) is 51.8 Å². The predicted molar refractivity (Wildman–Crippen MR) is 107 cm³/mol. The summed E-state index contributed by atoms with van der Waals surface area (Å²) < 4.78 is 1.97. The number of halogens is 2. The van der Waals surface area contributed by atoms with Crippen molar-refractivity contribution >= 4 is 23.2 Å². The molecule has 0 spiro atoms. The smallest absolute Gasteiger partial charge is 0.0692 e. The van der Waals surface area contributed by atoms with Gasteiger partial charge in [-0.15, -0.1) is 0 Å². The molecule has 0 aliphatic carbocycles. The van der Waals surface area contributed by atoms with E-state index in [1.165, 1.54) is 5.56 Å². The van der Waals surface area contributed by atoms with Crippen LogP contribution in [0, 0.1) is 13.8 Å². The standard InChI is InChI=1S/C20H22Cl2N4/c1-13(16-6-5-9-23-10-16)24-11-17-14(2)25-26(15(17)3)12-18-19(21)7-4-8-20(18)22/h4-10,13,24H,11-12H2,1-3H3. The number of hydrogen-bond donors (Lipinski definition) is 1. The zero-order valence-corrected chi connectivity index (χ0v) is 16.6. The number of aryl methyl sites for hydroxylation is 1. The first-order chi connectivity index (χ1) is 12.5. The van der Waals surface area contributed by atoms with E-state index in [1.807, 2.05) is 42.1 Å². The summed E-state index contributed by atoms with van der Waals surface area (Å²) in [5.41, 5.74) is 5.38. The van der Waals surface area contributed by atoms with Crippen molar-refractivity contribution in [3.63, 3.8) is 0 Å². The summed E-state index contributed by atoms with van der Waals surface area (Å²) in [5.74, 6) is 0. The molecule has 0 aliphatic heterocycles. The average molecular weight is 389 g/mol. The lowest BCUT2D eigenvalue weighted by atomic mass is 10.1. The maximum Gasteiger partial charge on any atom is 0.0692 e. The Morgan fingerprint density at radius 1 is 1.08 bits per heavy atom. The van der Waals surface area contributed by atoms with Gasteiger partial charge in [0.2, 0.25) is 0 Å². The van der Waals surface area contributed by atoms with Gasteiger partial charge in [-0.2, -0.15) is 5.10 Å². The molecule has 136 valence electrons. The Hall–Kier alpha value is -1.88. The Morgan fingerprint density at radius 3 is 2.46 bits per heavy atom. The van der Waals surface area contributed by atoms with Gasteiger partial charge in [-0.1, -0.05) is 35.3 Å². The van der Waals surface area contributed by atoms with Crippen LogP contribution in [-0.4, -0.2) is 14.8 Å². The van der Waals surface area contributed by atoms with Crippen LogP contribution in [0.4, 0.5) is 0 Å². The van der Waals surface area contributed by atoms with Crippen molar-refractivity contribution in [2.75, 3.05) is 0 Å². The third-order valence-corrected chi connectivity index (χ3v) is 5.38. The average Bonchev–Trinajstić information content (AvgIpc) is 2.90. The van der Waals surface area contributed by atoms with E-state index in [-0.39, 0.29) is 6.04 Å². The molecule has 3 rings (SSSR count). The van der Waals surface area contributed by atoms with Gasteiger partial charge >= 0.3 is 0 Å². The lowest BCUT2D eigenvalue weighted by Gasteiger charge is -2.14. The fourth-order valence-corrected chi connectivity index (χ4v) is 3.50. The zero-order chi connectivity index (χ0) is 18.7. The number of hydrogen-bond acceptors (Lipinski definition) is 3. The predicted octanol–water partition coefficient (Wildman–Crippen LogP) is 5.10. The van der Waals surface area contributed by atoms with Crippen LogP contribution < -0.4 is 5.32 Å². The van der Waals surface area contributed by atoms with E-state index in [0.717, 1.165) is 29.1 Å². The Bertz CT molecular complexity index is 870. The summed E-state index contributed by atoms with van der Waals surface area (Å²) in [5, 5.41) is 9.56. The highest BCUT2D eigenvalue weighted by atomic mass is 35.5. The third kappa shape index (κ3) is 4.09. The van der Waals surface area contributed by atoms with Gasteiger partial charge in [-0.3, -0.25) is 9.67 Å². The van der Waals surface area contributed by atoms with Crippen LogP contribution in [0.3, 0.4) is 0 Å². The Labute approximate surface area is 164 Å². The van der Waals surface area contributed by atoms with Crippen LogP contribution in [0.1, 0.15) is 41.0 Å².